The number of carbonyl (C=O) groups is 1. The number of aryl methyl sites for hydroxylation is 1. The van der Waals surface area contributed by atoms with E-state index in [1.807, 2.05) is 11.1 Å². The van der Waals surface area contributed by atoms with Gasteiger partial charge in [0, 0.05) is 32.4 Å². The highest BCUT2D eigenvalue weighted by Crippen LogP contribution is 2.03. The van der Waals surface area contributed by atoms with E-state index in [0.29, 0.717) is 6.54 Å². The summed E-state index contributed by atoms with van der Waals surface area (Å²) in [6.45, 7) is 5.83. The van der Waals surface area contributed by atoms with Crippen LogP contribution in [0.25, 0.3) is 0 Å². The van der Waals surface area contributed by atoms with Crippen molar-refractivity contribution < 1.29 is 4.79 Å². The second-order valence-corrected chi connectivity index (χ2v) is 5.00. The van der Waals surface area contributed by atoms with Crippen molar-refractivity contribution in [3.8, 4) is 0 Å². The van der Waals surface area contributed by atoms with Gasteiger partial charge in [0.15, 0.2) is 0 Å². The van der Waals surface area contributed by atoms with Crippen LogP contribution in [0.2, 0.25) is 0 Å². The van der Waals surface area contributed by atoms with E-state index in [-0.39, 0.29) is 5.91 Å². The zero-order valence-corrected chi connectivity index (χ0v) is 11.6. The molecule has 1 aromatic heterocycles. The molecular weight excluding hydrogens is 242 g/mol. The van der Waals surface area contributed by atoms with Gasteiger partial charge in [-0.05, 0) is 12.8 Å². The Labute approximate surface area is 114 Å². The number of piperazine rings is 1. The summed E-state index contributed by atoms with van der Waals surface area (Å²) in [6.07, 6.45) is 6.41. The highest BCUT2D eigenvalue weighted by molar-refractivity contribution is 5.76. The standard InChI is InChI=1S/C13H23N5O/c1-2-3-4-5-12-10-18(16-15-12)11-13(19)17-8-6-14-7-9-17/h10,14H,2-9,11H2,1H3. The van der Waals surface area contributed by atoms with E-state index in [1.165, 1.54) is 12.8 Å². The first-order chi connectivity index (χ1) is 9.29. The third kappa shape index (κ3) is 4.31. The Hall–Kier alpha value is -1.43. The van der Waals surface area contributed by atoms with Gasteiger partial charge in [0.2, 0.25) is 5.91 Å². The lowest BCUT2D eigenvalue weighted by Gasteiger charge is -2.27. The van der Waals surface area contributed by atoms with Crippen LogP contribution in [0, 0.1) is 0 Å². The van der Waals surface area contributed by atoms with Crippen molar-refractivity contribution in [2.24, 2.45) is 0 Å². The molecule has 0 radical (unpaired) electrons. The number of nitrogens with zero attached hydrogens (tertiary/aromatic N) is 4. The average molecular weight is 265 g/mol. The Bertz CT molecular complexity index is 397. The number of amides is 1. The van der Waals surface area contributed by atoms with E-state index in [2.05, 4.69) is 22.6 Å². The second-order valence-electron chi connectivity index (χ2n) is 5.00. The van der Waals surface area contributed by atoms with Crippen LogP contribution in [0.3, 0.4) is 0 Å². The zero-order valence-electron chi connectivity index (χ0n) is 11.6. The Balaban J connectivity index is 1.80. The molecule has 1 aliphatic rings. The van der Waals surface area contributed by atoms with Gasteiger partial charge in [-0.25, -0.2) is 4.68 Å². The molecule has 6 heteroatoms. The maximum absolute atomic E-state index is 12.0. The lowest BCUT2D eigenvalue weighted by atomic mass is 10.2. The van der Waals surface area contributed by atoms with Gasteiger partial charge in [0.25, 0.3) is 0 Å². The van der Waals surface area contributed by atoms with Crippen molar-refractivity contribution in [3.05, 3.63) is 11.9 Å². The highest BCUT2D eigenvalue weighted by Gasteiger charge is 2.16. The molecule has 1 amide bonds. The molecule has 1 fully saturated rings. The summed E-state index contributed by atoms with van der Waals surface area (Å²) >= 11 is 0. The molecule has 2 heterocycles. The first-order valence-electron chi connectivity index (χ1n) is 7.17. The molecule has 1 N–H and O–H groups in total. The van der Waals surface area contributed by atoms with Gasteiger partial charge in [-0.15, -0.1) is 5.10 Å². The summed E-state index contributed by atoms with van der Waals surface area (Å²) in [5.41, 5.74) is 0.988. The molecule has 6 nitrogen and oxygen atoms in total. The van der Waals surface area contributed by atoms with Crippen molar-refractivity contribution in [2.45, 2.75) is 39.2 Å². The molecule has 0 aromatic carbocycles. The van der Waals surface area contributed by atoms with Gasteiger partial charge in [-0.2, -0.15) is 0 Å². The predicted molar refractivity (Wildman–Crippen MR) is 72.7 cm³/mol. The van der Waals surface area contributed by atoms with E-state index >= 15 is 0 Å². The first-order valence-corrected chi connectivity index (χ1v) is 7.17. The van der Waals surface area contributed by atoms with E-state index in [4.69, 9.17) is 0 Å². The number of rotatable bonds is 6. The van der Waals surface area contributed by atoms with Gasteiger partial charge in [0.1, 0.15) is 6.54 Å². The zero-order chi connectivity index (χ0) is 13.5. The Kier molecular flexibility index (Phi) is 5.32. The van der Waals surface area contributed by atoms with E-state index in [0.717, 1.165) is 44.7 Å². The monoisotopic (exact) mass is 265 g/mol. The smallest absolute Gasteiger partial charge is 0.244 e. The van der Waals surface area contributed by atoms with Crippen molar-refractivity contribution in [3.63, 3.8) is 0 Å². The van der Waals surface area contributed by atoms with Crippen LogP contribution in [0.15, 0.2) is 6.20 Å². The van der Waals surface area contributed by atoms with Crippen LogP contribution in [-0.4, -0.2) is 52.0 Å². The van der Waals surface area contributed by atoms with E-state index in [1.54, 1.807) is 4.68 Å². The van der Waals surface area contributed by atoms with Crippen LogP contribution in [0.4, 0.5) is 0 Å². The Morgan fingerprint density at radius 3 is 2.89 bits per heavy atom. The molecule has 2 rings (SSSR count). The van der Waals surface area contributed by atoms with Gasteiger partial charge in [-0.3, -0.25) is 4.79 Å². The maximum Gasteiger partial charge on any atom is 0.244 e. The fraction of sp³-hybridized carbons (Fsp3) is 0.769. The van der Waals surface area contributed by atoms with Gasteiger partial charge in [0.05, 0.1) is 5.69 Å². The molecule has 1 saturated heterocycles. The minimum absolute atomic E-state index is 0.131. The van der Waals surface area contributed by atoms with E-state index < -0.39 is 0 Å². The molecule has 106 valence electrons. The number of hydrogen-bond acceptors (Lipinski definition) is 4. The van der Waals surface area contributed by atoms with Crippen LogP contribution in [0.5, 0.6) is 0 Å². The number of hydrogen-bond donors (Lipinski definition) is 1. The number of unbranched alkanes of at least 4 members (excludes halogenated alkanes) is 2. The number of nitrogens with one attached hydrogen (secondary N) is 1. The molecule has 0 bridgehead atoms. The normalized spacial score (nSPS) is 15.7. The maximum atomic E-state index is 12.0. The Morgan fingerprint density at radius 2 is 2.16 bits per heavy atom. The molecule has 1 aliphatic heterocycles. The molecule has 0 unspecified atom stereocenters. The van der Waals surface area contributed by atoms with Crippen LogP contribution in [-0.2, 0) is 17.8 Å². The largest absolute Gasteiger partial charge is 0.339 e. The molecule has 0 saturated carbocycles. The van der Waals surface area contributed by atoms with Crippen molar-refractivity contribution >= 4 is 5.91 Å². The summed E-state index contributed by atoms with van der Waals surface area (Å²) < 4.78 is 1.66. The number of carbonyl (C=O) groups excluding carboxylic acids is 1. The van der Waals surface area contributed by atoms with Crippen LogP contribution >= 0.6 is 0 Å². The minimum Gasteiger partial charge on any atom is -0.339 e. The summed E-state index contributed by atoms with van der Waals surface area (Å²) in [5, 5.41) is 11.4. The highest BCUT2D eigenvalue weighted by atomic mass is 16.2. The summed E-state index contributed by atoms with van der Waals surface area (Å²) in [4.78, 5) is 13.9. The predicted octanol–water partition coefficient (Wildman–Crippen LogP) is 0.443. The quantitative estimate of drug-likeness (QED) is 0.758. The van der Waals surface area contributed by atoms with Gasteiger partial charge < -0.3 is 10.2 Å². The van der Waals surface area contributed by atoms with Crippen molar-refractivity contribution in [1.82, 2.24) is 25.2 Å². The molecule has 19 heavy (non-hydrogen) atoms. The SMILES string of the molecule is CCCCCc1cn(CC(=O)N2CCNCC2)nn1. The number of aromatic nitrogens is 3. The van der Waals surface area contributed by atoms with Crippen LogP contribution in [0.1, 0.15) is 31.9 Å². The second kappa shape index (κ2) is 7.23. The summed E-state index contributed by atoms with van der Waals surface area (Å²) in [6, 6.07) is 0. The van der Waals surface area contributed by atoms with Gasteiger partial charge >= 0.3 is 0 Å². The van der Waals surface area contributed by atoms with Crippen molar-refractivity contribution in [1.29, 1.82) is 0 Å². The third-order valence-corrected chi connectivity index (χ3v) is 3.39. The summed E-state index contributed by atoms with van der Waals surface area (Å²) in [7, 11) is 0. The fourth-order valence-electron chi connectivity index (χ4n) is 2.24. The van der Waals surface area contributed by atoms with E-state index in [9.17, 15) is 4.79 Å². The summed E-state index contributed by atoms with van der Waals surface area (Å²) in [5.74, 6) is 0.131. The average Bonchev–Trinajstić information content (AvgIpc) is 2.88. The first kappa shape index (κ1) is 14.0. The lowest BCUT2D eigenvalue weighted by Crippen LogP contribution is -2.47. The van der Waals surface area contributed by atoms with Crippen molar-refractivity contribution in [2.75, 3.05) is 26.2 Å². The van der Waals surface area contributed by atoms with Crippen LogP contribution < -0.4 is 5.32 Å². The lowest BCUT2D eigenvalue weighted by molar-refractivity contribution is -0.132. The fourth-order valence-corrected chi connectivity index (χ4v) is 2.24. The molecule has 0 atom stereocenters. The molecular formula is C13H23N5O. The topological polar surface area (TPSA) is 63.1 Å². The minimum atomic E-state index is 0.131. The Morgan fingerprint density at radius 1 is 1.37 bits per heavy atom. The molecule has 0 spiro atoms. The molecule has 0 aliphatic carbocycles. The van der Waals surface area contributed by atoms with Gasteiger partial charge in [-0.1, -0.05) is 25.0 Å². The third-order valence-electron chi connectivity index (χ3n) is 3.39. The molecule has 1 aromatic rings.